The lowest BCUT2D eigenvalue weighted by atomic mass is 10.2. The molecular weight excluding hydrogens is 169 g/mol. The highest BCUT2D eigenvalue weighted by atomic mass is 19.4. The van der Waals surface area contributed by atoms with E-state index in [4.69, 9.17) is 0 Å². The van der Waals surface area contributed by atoms with Crippen molar-refractivity contribution < 1.29 is 13.2 Å². The molecule has 1 fully saturated rings. The van der Waals surface area contributed by atoms with Crippen LogP contribution in [0.4, 0.5) is 13.2 Å². The molecule has 0 amide bonds. The molecule has 0 aromatic rings. The molecule has 0 unspecified atom stereocenters. The van der Waals surface area contributed by atoms with Gasteiger partial charge in [0, 0.05) is 19.6 Å². The van der Waals surface area contributed by atoms with Crippen LogP contribution < -0.4 is 5.32 Å². The van der Waals surface area contributed by atoms with E-state index in [2.05, 4.69) is 5.32 Å². The molecule has 0 saturated carbocycles. The third-order valence-electron chi connectivity index (χ3n) is 2.10. The smallest absolute Gasteiger partial charge is 0.304 e. The van der Waals surface area contributed by atoms with Gasteiger partial charge in [-0.15, -0.1) is 0 Å². The molecule has 1 aliphatic heterocycles. The summed E-state index contributed by atoms with van der Waals surface area (Å²) in [5, 5.41) is 2.46. The van der Waals surface area contributed by atoms with Gasteiger partial charge in [0.1, 0.15) is 6.04 Å². The van der Waals surface area contributed by atoms with Gasteiger partial charge in [-0.25, -0.2) is 0 Å². The van der Waals surface area contributed by atoms with Crippen LogP contribution in [0.3, 0.4) is 0 Å². The second kappa shape index (κ2) is 3.62. The van der Waals surface area contributed by atoms with E-state index in [9.17, 15) is 13.2 Å². The molecule has 0 aliphatic carbocycles. The minimum atomic E-state index is -4.10. The quantitative estimate of drug-likeness (QED) is 0.646. The SMILES string of the molecule is CCN1CCN[C@H](C(F)(F)F)C1. The summed E-state index contributed by atoms with van der Waals surface area (Å²) in [5.41, 5.74) is 0. The Labute approximate surface area is 69.7 Å². The summed E-state index contributed by atoms with van der Waals surface area (Å²) < 4.78 is 36.5. The Hall–Kier alpha value is -0.290. The fraction of sp³-hybridized carbons (Fsp3) is 1.00. The molecule has 0 bridgehead atoms. The predicted molar refractivity (Wildman–Crippen MR) is 40.0 cm³/mol. The number of nitrogens with zero attached hydrogens (tertiary/aromatic N) is 1. The summed E-state index contributed by atoms with van der Waals surface area (Å²) in [6.07, 6.45) is -4.10. The molecule has 1 heterocycles. The van der Waals surface area contributed by atoms with Gasteiger partial charge < -0.3 is 10.2 Å². The van der Waals surface area contributed by atoms with E-state index in [1.54, 1.807) is 4.90 Å². The fourth-order valence-electron chi connectivity index (χ4n) is 1.32. The zero-order valence-corrected chi connectivity index (χ0v) is 6.99. The largest absolute Gasteiger partial charge is 0.405 e. The highest BCUT2D eigenvalue weighted by molar-refractivity contribution is 4.83. The minimum absolute atomic E-state index is 0.0833. The van der Waals surface area contributed by atoms with Crippen LogP contribution in [-0.4, -0.2) is 43.3 Å². The molecule has 2 nitrogen and oxygen atoms in total. The Morgan fingerprint density at radius 3 is 2.67 bits per heavy atom. The average molecular weight is 182 g/mol. The number of nitrogens with one attached hydrogen (secondary N) is 1. The number of hydrogen-bond acceptors (Lipinski definition) is 2. The molecule has 1 atom stereocenters. The van der Waals surface area contributed by atoms with Crippen LogP contribution in [0.2, 0.25) is 0 Å². The van der Waals surface area contributed by atoms with Crippen molar-refractivity contribution in [3.63, 3.8) is 0 Å². The van der Waals surface area contributed by atoms with Crippen LogP contribution in [0.1, 0.15) is 6.92 Å². The molecule has 72 valence electrons. The Kier molecular flexibility index (Phi) is 2.95. The monoisotopic (exact) mass is 182 g/mol. The normalized spacial score (nSPS) is 27.5. The summed E-state index contributed by atoms with van der Waals surface area (Å²) >= 11 is 0. The van der Waals surface area contributed by atoms with Gasteiger partial charge in [0.2, 0.25) is 0 Å². The van der Waals surface area contributed by atoms with E-state index in [1.807, 2.05) is 6.92 Å². The Morgan fingerprint density at radius 2 is 2.17 bits per heavy atom. The van der Waals surface area contributed by atoms with E-state index in [1.165, 1.54) is 0 Å². The van der Waals surface area contributed by atoms with Crippen molar-refractivity contribution >= 4 is 0 Å². The van der Waals surface area contributed by atoms with Crippen LogP contribution in [0, 0.1) is 0 Å². The molecule has 0 radical (unpaired) electrons. The van der Waals surface area contributed by atoms with Crippen molar-refractivity contribution in [3.8, 4) is 0 Å². The lowest BCUT2D eigenvalue weighted by Gasteiger charge is -2.33. The summed E-state index contributed by atoms with van der Waals surface area (Å²) in [5.74, 6) is 0. The van der Waals surface area contributed by atoms with E-state index < -0.39 is 12.2 Å². The molecule has 1 rings (SSSR count). The Bertz CT molecular complexity index is 146. The number of alkyl halides is 3. The summed E-state index contributed by atoms with van der Waals surface area (Å²) in [6, 6.07) is -1.34. The summed E-state index contributed by atoms with van der Waals surface area (Å²) in [7, 11) is 0. The van der Waals surface area contributed by atoms with Crippen molar-refractivity contribution in [2.75, 3.05) is 26.2 Å². The van der Waals surface area contributed by atoms with Gasteiger partial charge in [0.25, 0.3) is 0 Å². The van der Waals surface area contributed by atoms with Crippen molar-refractivity contribution in [1.82, 2.24) is 10.2 Å². The molecule has 0 spiro atoms. The fourth-order valence-corrected chi connectivity index (χ4v) is 1.32. The number of hydrogen-bond donors (Lipinski definition) is 1. The molecule has 0 aromatic heterocycles. The van der Waals surface area contributed by atoms with Crippen molar-refractivity contribution in [3.05, 3.63) is 0 Å². The third-order valence-corrected chi connectivity index (χ3v) is 2.10. The first-order valence-electron chi connectivity index (χ1n) is 4.06. The molecule has 1 saturated heterocycles. The Morgan fingerprint density at radius 1 is 1.50 bits per heavy atom. The van der Waals surface area contributed by atoms with Crippen LogP contribution in [-0.2, 0) is 0 Å². The van der Waals surface area contributed by atoms with E-state index in [0.717, 1.165) is 0 Å². The maximum Gasteiger partial charge on any atom is 0.405 e. The zero-order valence-electron chi connectivity index (χ0n) is 6.99. The molecule has 12 heavy (non-hydrogen) atoms. The van der Waals surface area contributed by atoms with Gasteiger partial charge in [-0.1, -0.05) is 6.92 Å². The van der Waals surface area contributed by atoms with Crippen LogP contribution in [0.25, 0.3) is 0 Å². The molecule has 1 N–H and O–H groups in total. The predicted octanol–water partition coefficient (Wildman–Crippen LogP) is 0.842. The van der Waals surface area contributed by atoms with Crippen molar-refractivity contribution in [2.45, 2.75) is 19.1 Å². The maximum absolute atomic E-state index is 12.2. The van der Waals surface area contributed by atoms with Gasteiger partial charge in [0.05, 0.1) is 0 Å². The molecule has 0 aromatic carbocycles. The number of halogens is 3. The average Bonchev–Trinajstić information content (AvgIpc) is 2.03. The molecule has 5 heteroatoms. The first kappa shape index (κ1) is 9.80. The standard InChI is InChI=1S/C7H13F3N2/c1-2-12-4-3-11-6(5-12)7(8,9)10/h6,11H,2-5H2,1H3/t6-/m0/s1. The van der Waals surface area contributed by atoms with E-state index in [-0.39, 0.29) is 6.54 Å². The van der Waals surface area contributed by atoms with Crippen molar-refractivity contribution in [2.24, 2.45) is 0 Å². The highest BCUT2D eigenvalue weighted by Crippen LogP contribution is 2.22. The summed E-state index contributed by atoms with van der Waals surface area (Å²) in [6.45, 7) is 3.79. The van der Waals surface area contributed by atoms with Crippen molar-refractivity contribution in [1.29, 1.82) is 0 Å². The van der Waals surface area contributed by atoms with Gasteiger partial charge in [-0.2, -0.15) is 13.2 Å². The summed E-state index contributed by atoms with van der Waals surface area (Å²) in [4.78, 5) is 1.80. The minimum Gasteiger partial charge on any atom is -0.304 e. The van der Waals surface area contributed by atoms with Crippen LogP contribution >= 0.6 is 0 Å². The van der Waals surface area contributed by atoms with Gasteiger partial charge in [-0.05, 0) is 6.54 Å². The lowest BCUT2D eigenvalue weighted by Crippen LogP contribution is -2.56. The lowest BCUT2D eigenvalue weighted by molar-refractivity contribution is -0.164. The Balaban J connectivity index is 2.46. The first-order valence-corrected chi connectivity index (χ1v) is 4.06. The topological polar surface area (TPSA) is 15.3 Å². The van der Waals surface area contributed by atoms with Gasteiger partial charge in [-0.3, -0.25) is 0 Å². The second-order valence-corrected chi connectivity index (χ2v) is 2.94. The van der Waals surface area contributed by atoms with Gasteiger partial charge >= 0.3 is 6.18 Å². The zero-order chi connectivity index (χ0) is 9.19. The number of piperazine rings is 1. The highest BCUT2D eigenvalue weighted by Gasteiger charge is 2.41. The van der Waals surface area contributed by atoms with E-state index in [0.29, 0.717) is 19.6 Å². The second-order valence-electron chi connectivity index (χ2n) is 2.94. The number of likely N-dealkylation sites (N-methyl/N-ethyl adjacent to an activating group) is 1. The van der Waals surface area contributed by atoms with Crippen LogP contribution in [0.15, 0.2) is 0 Å². The van der Waals surface area contributed by atoms with Gasteiger partial charge in [0.15, 0.2) is 0 Å². The van der Waals surface area contributed by atoms with E-state index >= 15 is 0 Å². The maximum atomic E-state index is 12.2. The molecular formula is C7H13F3N2. The first-order chi connectivity index (χ1) is 5.54. The number of rotatable bonds is 1. The van der Waals surface area contributed by atoms with Crippen LogP contribution in [0.5, 0.6) is 0 Å². The molecule has 1 aliphatic rings. The third kappa shape index (κ3) is 2.35.